The predicted octanol–water partition coefficient (Wildman–Crippen LogP) is 19.8. The van der Waals surface area contributed by atoms with Crippen molar-refractivity contribution >= 4 is 21.1 Å². The molecule has 0 atom stereocenters. The van der Waals surface area contributed by atoms with E-state index >= 15 is 0 Å². The minimum atomic E-state index is 0.0736. The molecule has 0 spiro atoms. The van der Waals surface area contributed by atoms with Crippen molar-refractivity contribution in [1.29, 1.82) is 0 Å². The van der Waals surface area contributed by atoms with Crippen LogP contribution in [0.3, 0.4) is 0 Å². The van der Waals surface area contributed by atoms with E-state index < -0.39 is 0 Å². The topological polar surface area (TPSA) is 9.23 Å². The molecule has 2 heteroatoms. The molecule has 0 heterocycles. The van der Waals surface area contributed by atoms with E-state index in [2.05, 4.69) is 27.7 Å². The predicted molar refractivity (Wildman–Crippen MR) is 252 cm³/mol. The van der Waals surface area contributed by atoms with Gasteiger partial charge in [0.25, 0.3) is 0 Å². The van der Waals surface area contributed by atoms with Crippen LogP contribution in [0.1, 0.15) is 310 Å². The number of unbranched alkanes of at least 4 members (excludes halogenated alkanes) is 40. The van der Waals surface area contributed by atoms with Gasteiger partial charge >= 0.3 is 121 Å². The summed E-state index contributed by atoms with van der Waals surface area (Å²) in [6.07, 6.45) is 63.9. The van der Waals surface area contributed by atoms with Crippen molar-refractivity contribution in [3.8, 4) is 0 Å². The van der Waals surface area contributed by atoms with Crippen molar-refractivity contribution in [3.63, 3.8) is 0 Å². The summed E-state index contributed by atoms with van der Waals surface area (Å²) in [6.45, 7) is 11.2. The molecule has 0 amide bonds. The minimum absolute atomic E-state index is 0.0736. The quantitative estimate of drug-likeness (QED) is 0.0437. The van der Waals surface area contributed by atoms with Crippen molar-refractivity contribution < 1.29 is 4.74 Å². The Morgan fingerprint density at radius 2 is 0.370 bits per heavy atom. The van der Waals surface area contributed by atoms with Gasteiger partial charge in [0.2, 0.25) is 0 Å². The molecule has 0 aromatic rings. The fraction of sp³-hybridized carbons (Fsp3) is 1.00. The van der Waals surface area contributed by atoms with Crippen molar-refractivity contribution in [2.45, 2.75) is 319 Å². The van der Waals surface area contributed by atoms with Gasteiger partial charge in [0.05, 0.1) is 0 Å². The summed E-state index contributed by atoms with van der Waals surface area (Å²) in [7, 11) is 0. The van der Waals surface area contributed by atoms with Gasteiger partial charge in [0.1, 0.15) is 0 Å². The Hall–Kier alpha value is 0.759. The van der Waals surface area contributed by atoms with E-state index in [1.54, 1.807) is 21.7 Å². The maximum absolute atomic E-state index is 5.87. The molecule has 0 bridgehead atoms. The van der Waals surface area contributed by atoms with Gasteiger partial charge < -0.3 is 4.74 Å². The molecule has 0 N–H and O–H groups in total. The molecule has 0 aromatic carbocycles. The summed E-state index contributed by atoms with van der Waals surface area (Å²) in [4.78, 5) is 0. The second kappa shape index (κ2) is 58.1. The van der Waals surface area contributed by atoms with Crippen LogP contribution < -0.4 is 0 Å². The van der Waals surface area contributed by atoms with Crippen LogP contribution in [-0.4, -0.2) is 34.4 Å². The Balaban J connectivity index is 0. The Labute approximate surface area is 356 Å². The molecule has 0 saturated heterocycles. The van der Waals surface area contributed by atoms with Gasteiger partial charge in [-0.2, -0.15) is 0 Å². The van der Waals surface area contributed by atoms with E-state index in [1.165, 1.54) is 270 Å². The molecule has 0 saturated carbocycles. The Morgan fingerprint density at radius 3 is 0.574 bits per heavy atom. The average molecular weight is 868 g/mol. The van der Waals surface area contributed by atoms with Gasteiger partial charge in [-0.1, -0.05) is 206 Å². The summed E-state index contributed by atoms with van der Waals surface area (Å²) < 4.78 is 9.19. The molecule has 0 aliphatic rings. The monoisotopic (exact) mass is 869 g/mol. The molecular formula is C52H108OSn. The standard InChI is InChI=1S/C36H74O.2C8H17.Sn/c1-3-5-7-9-11-13-15-17-19-21-23-25-27-29-31-33-35-37-36-34-32-30-28-26-24-22-20-18-16-14-12-10-8-6-4-2;2*1-3-5-7-8-6-4-2;/h3-36H2,1-2H3;2*1,3-8H2,2H3;. The third kappa shape index (κ3) is 59.5. The van der Waals surface area contributed by atoms with Crippen molar-refractivity contribution in [3.05, 3.63) is 0 Å². The third-order valence-corrected chi connectivity index (χ3v) is 15.7. The van der Waals surface area contributed by atoms with E-state index in [9.17, 15) is 0 Å². The first-order valence-electron chi connectivity index (χ1n) is 26.1. The molecule has 0 aromatic heterocycles. The van der Waals surface area contributed by atoms with Crippen LogP contribution in [0.4, 0.5) is 0 Å². The van der Waals surface area contributed by atoms with Crippen molar-refractivity contribution in [1.82, 2.24) is 0 Å². The van der Waals surface area contributed by atoms with Crippen LogP contribution in [0.15, 0.2) is 0 Å². The first-order chi connectivity index (χ1) is 26.8. The van der Waals surface area contributed by atoms with Gasteiger partial charge in [-0.15, -0.1) is 0 Å². The first kappa shape index (κ1) is 56.9. The first-order valence-corrected chi connectivity index (χ1v) is 30.1. The molecule has 2 radical (unpaired) electrons. The van der Waals surface area contributed by atoms with Gasteiger partial charge in [0.15, 0.2) is 0 Å². The fourth-order valence-electron chi connectivity index (χ4n) is 7.79. The zero-order chi connectivity index (χ0) is 39.4. The second-order valence-electron chi connectivity index (χ2n) is 17.5. The average Bonchev–Trinajstić information content (AvgIpc) is 3.18. The number of hydrogen-bond donors (Lipinski definition) is 0. The van der Waals surface area contributed by atoms with Crippen LogP contribution in [0.2, 0.25) is 8.87 Å². The summed E-state index contributed by atoms with van der Waals surface area (Å²) in [5, 5.41) is 0. The Kier molecular flexibility index (Phi) is 61.1. The van der Waals surface area contributed by atoms with E-state index in [0.29, 0.717) is 0 Å². The fourth-order valence-corrected chi connectivity index (χ4v) is 11.4. The summed E-state index contributed by atoms with van der Waals surface area (Å²) in [5.74, 6) is 0. The number of hydrogen-bond acceptors (Lipinski definition) is 1. The molecule has 0 rings (SSSR count). The van der Waals surface area contributed by atoms with Crippen LogP contribution in [0.25, 0.3) is 0 Å². The van der Waals surface area contributed by atoms with E-state index in [-0.39, 0.29) is 21.1 Å². The van der Waals surface area contributed by atoms with Gasteiger partial charge in [-0.25, -0.2) is 0 Å². The SMILES string of the molecule is CCCCCCCCCCCCCCCCCCOCCCCCCCCCCCCCCCCCC.CCCCCCC[CH2][Sn][CH2]CCCCCCC. The van der Waals surface area contributed by atoms with Gasteiger partial charge in [-0.05, 0) is 12.8 Å². The third-order valence-electron chi connectivity index (χ3n) is 11.7. The summed E-state index contributed by atoms with van der Waals surface area (Å²) in [5.41, 5.74) is 0. The zero-order valence-electron chi connectivity index (χ0n) is 38.8. The van der Waals surface area contributed by atoms with Crippen molar-refractivity contribution in [2.24, 2.45) is 0 Å². The zero-order valence-corrected chi connectivity index (χ0v) is 41.7. The van der Waals surface area contributed by atoms with Crippen LogP contribution in [0, 0.1) is 0 Å². The van der Waals surface area contributed by atoms with Crippen LogP contribution >= 0.6 is 0 Å². The Bertz CT molecular complexity index is 531. The number of rotatable bonds is 48. The molecule has 0 aliphatic heterocycles. The Morgan fingerprint density at radius 1 is 0.204 bits per heavy atom. The van der Waals surface area contributed by atoms with E-state index in [1.807, 2.05) is 0 Å². The molecule has 0 unspecified atom stereocenters. The van der Waals surface area contributed by atoms with Crippen LogP contribution in [0.5, 0.6) is 0 Å². The van der Waals surface area contributed by atoms with Gasteiger partial charge in [-0.3, -0.25) is 0 Å². The summed E-state index contributed by atoms with van der Waals surface area (Å²) in [6, 6.07) is 0. The molecule has 1 nitrogen and oxygen atoms in total. The van der Waals surface area contributed by atoms with Crippen LogP contribution in [-0.2, 0) is 4.74 Å². The van der Waals surface area contributed by atoms with Gasteiger partial charge in [0, 0.05) is 13.2 Å². The molecule has 326 valence electrons. The summed E-state index contributed by atoms with van der Waals surface area (Å²) >= 11 is 0.0736. The van der Waals surface area contributed by atoms with E-state index in [4.69, 9.17) is 4.74 Å². The van der Waals surface area contributed by atoms with E-state index in [0.717, 1.165) is 13.2 Å². The van der Waals surface area contributed by atoms with Crippen molar-refractivity contribution in [2.75, 3.05) is 13.2 Å². The molecular weight excluding hydrogens is 759 g/mol. The molecule has 54 heavy (non-hydrogen) atoms. The second-order valence-corrected chi connectivity index (χ2v) is 21.8. The molecule has 0 fully saturated rings. The molecule has 0 aliphatic carbocycles. The maximum atomic E-state index is 5.87. The normalized spacial score (nSPS) is 11.3. The number of ether oxygens (including phenoxy) is 1.